The topological polar surface area (TPSA) is 50.8 Å². The molecule has 4 fully saturated rings. The van der Waals surface area contributed by atoms with E-state index in [1.807, 2.05) is 0 Å². The average molecular weight is 308 g/mol. The molecule has 2 saturated carbocycles. The van der Waals surface area contributed by atoms with Gasteiger partial charge in [0, 0.05) is 6.04 Å². The summed E-state index contributed by atoms with van der Waals surface area (Å²) in [6, 6.07) is 0.706. The van der Waals surface area contributed by atoms with Crippen LogP contribution in [-0.2, 0) is 14.3 Å². The smallest absolute Gasteiger partial charge is 0.234 e. The molecule has 4 rings (SSSR count). The summed E-state index contributed by atoms with van der Waals surface area (Å²) < 4.78 is 11.4. The van der Waals surface area contributed by atoms with Crippen molar-refractivity contribution < 1.29 is 14.3 Å². The maximum Gasteiger partial charge on any atom is 0.234 e. The molecule has 0 bridgehead atoms. The molecule has 0 radical (unpaired) electrons. The number of carbonyl (C=O) groups is 1. The molecule has 2 heterocycles. The van der Waals surface area contributed by atoms with Crippen LogP contribution in [0.3, 0.4) is 0 Å². The van der Waals surface area contributed by atoms with E-state index in [1.165, 1.54) is 38.5 Å². The molecule has 0 aromatic heterocycles. The summed E-state index contributed by atoms with van der Waals surface area (Å²) in [7, 11) is 0. The van der Waals surface area contributed by atoms with Gasteiger partial charge in [-0.25, -0.2) is 0 Å². The second-order valence-electron chi connectivity index (χ2n) is 7.41. The van der Waals surface area contributed by atoms with E-state index in [0.29, 0.717) is 25.8 Å². The average Bonchev–Trinajstić information content (AvgIpc) is 3.45. The molecule has 5 nitrogen and oxygen atoms in total. The van der Waals surface area contributed by atoms with E-state index in [4.69, 9.17) is 9.47 Å². The second kappa shape index (κ2) is 6.46. The number of carbonyl (C=O) groups excluding carboxylic acids is 1. The number of piperidine rings is 1. The number of nitrogens with zero attached hydrogens (tertiary/aromatic N) is 1. The van der Waals surface area contributed by atoms with Crippen molar-refractivity contribution in [1.82, 2.24) is 10.2 Å². The number of rotatable bonds is 6. The van der Waals surface area contributed by atoms with Gasteiger partial charge in [0.05, 0.1) is 25.8 Å². The molecule has 0 spiro atoms. The monoisotopic (exact) mass is 308 g/mol. The van der Waals surface area contributed by atoms with Crippen LogP contribution in [-0.4, -0.2) is 55.5 Å². The van der Waals surface area contributed by atoms with Gasteiger partial charge in [0.2, 0.25) is 5.91 Å². The number of hydrogen-bond donors (Lipinski definition) is 1. The van der Waals surface area contributed by atoms with Gasteiger partial charge in [0.15, 0.2) is 6.29 Å². The maximum absolute atomic E-state index is 12.5. The first-order valence-electron chi connectivity index (χ1n) is 9.08. The maximum atomic E-state index is 12.5. The summed E-state index contributed by atoms with van der Waals surface area (Å²) in [5, 5.41) is 3.34. The molecule has 1 unspecified atom stereocenters. The van der Waals surface area contributed by atoms with E-state index < -0.39 is 0 Å². The lowest BCUT2D eigenvalue weighted by atomic mass is 10.0. The molecule has 2 aliphatic heterocycles. The molecule has 22 heavy (non-hydrogen) atoms. The summed E-state index contributed by atoms with van der Waals surface area (Å²) in [5.74, 6) is 1.72. The fraction of sp³-hybridized carbons (Fsp3) is 0.941. The van der Waals surface area contributed by atoms with Gasteiger partial charge in [0.25, 0.3) is 0 Å². The Morgan fingerprint density at radius 1 is 1.05 bits per heavy atom. The molecule has 1 N–H and O–H groups in total. The SMILES string of the molecule is O=C(CN1CCCCC1C1OCCO1)NC(C1CC1)C1CC1. The van der Waals surface area contributed by atoms with Gasteiger partial charge in [-0.2, -0.15) is 0 Å². The summed E-state index contributed by atoms with van der Waals surface area (Å²) in [5.41, 5.74) is 0. The second-order valence-corrected chi connectivity index (χ2v) is 7.41. The quantitative estimate of drug-likeness (QED) is 0.808. The van der Waals surface area contributed by atoms with Crippen molar-refractivity contribution in [3.63, 3.8) is 0 Å². The van der Waals surface area contributed by atoms with Crippen LogP contribution in [0.5, 0.6) is 0 Å². The Labute approximate surface area is 132 Å². The molecular formula is C17H28N2O3. The summed E-state index contributed by atoms with van der Waals surface area (Å²) in [4.78, 5) is 14.8. The van der Waals surface area contributed by atoms with Crippen molar-refractivity contribution in [2.24, 2.45) is 11.8 Å². The third-order valence-electron chi connectivity index (χ3n) is 5.56. The predicted molar refractivity (Wildman–Crippen MR) is 82.3 cm³/mol. The van der Waals surface area contributed by atoms with Crippen LogP contribution in [0.2, 0.25) is 0 Å². The van der Waals surface area contributed by atoms with Crippen LogP contribution in [0.25, 0.3) is 0 Å². The van der Waals surface area contributed by atoms with E-state index in [-0.39, 0.29) is 18.2 Å². The standard InChI is InChI=1S/C17H28N2O3/c20-15(18-16(12-4-5-12)13-6-7-13)11-19-8-2-1-3-14(19)17-21-9-10-22-17/h12-14,16-17H,1-11H2,(H,18,20). The highest BCUT2D eigenvalue weighted by atomic mass is 16.7. The zero-order chi connectivity index (χ0) is 14.9. The molecule has 4 aliphatic rings. The highest BCUT2D eigenvalue weighted by Gasteiger charge is 2.42. The first-order valence-corrected chi connectivity index (χ1v) is 9.08. The molecule has 2 aliphatic carbocycles. The van der Waals surface area contributed by atoms with Crippen LogP contribution >= 0.6 is 0 Å². The minimum Gasteiger partial charge on any atom is -0.352 e. The number of amides is 1. The minimum atomic E-state index is -0.129. The Kier molecular flexibility index (Phi) is 4.38. The number of hydrogen-bond acceptors (Lipinski definition) is 4. The van der Waals surface area contributed by atoms with Crippen molar-refractivity contribution in [2.75, 3.05) is 26.3 Å². The fourth-order valence-electron chi connectivity index (χ4n) is 4.07. The third-order valence-corrected chi connectivity index (χ3v) is 5.56. The van der Waals surface area contributed by atoms with E-state index in [0.717, 1.165) is 24.8 Å². The van der Waals surface area contributed by atoms with Crippen molar-refractivity contribution in [1.29, 1.82) is 0 Å². The van der Waals surface area contributed by atoms with Crippen molar-refractivity contribution in [3.05, 3.63) is 0 Å². The van der Waals surface area contributed by atoms with Crippen LogP contribution in [0.1, 0.15) is 44.9 Å². The Balaban J connectivity index is 1.32. The normalized spacial score (nSPS) is 30.9. The lowest BCUT2D eigenvalue weighted by Gasteiger charge is -2.37. The third kappa shape index (κ3) is 3.47. The summed E-state index contributed by atoms with van der Waals surface area (Å²) in [6.45, 7) is 2.86. The Morgan fingerprint density at radius 3 is 2.36 bits per heavy atom. The van der Waals surface area contributed by atoms with Gasteiger partial charge < -0.3 is 14.8 Å². The lowest BCUT2D eigenvalue weighted by Crippen LogP contribution is -2.52. The molecule has 124 valence electrons. The molecule has 1 atom stereocenters. The van der Waals surface area contributed by atoms with Crippen molar-refractivity contribution in [2.45, 2.75) is 63.3 Å². The molecule has 0 aromatic carbocycles. The molecule has 1 amide bonds. The van der Waals surface area contributed by atoms with E-state index in [9.17, 15) is 4.79 Å². The predicted octanol–water partition coefficient (Wildman–Crippen LogP) is 1.52. The molecule has 2 saturated heterocycles. The highest BCUT2D eigenvalue weighted by molar-refractivity contribution is 5.78. The van der Waals surface area contributed by atoms with Crippen LogP contribution < -0.4 is 5.32 Å². The first kappa shape index (κ1) is 14.9. The van der Waals surface area contributed by atoms with Gasteiger partial charge in [-0.15, -0.1) is 0 Å². The van der Waals surface area contributed by atoms with Gasteiger partial charge >= 0.3 is 0 Å². The molecule has 5 heteroatoms. The van der Waals surface area contributed by atoms with Gasteiger partial charge in [-0.1, -0.05) is 6.42 Å². The van der Waals surface area contributed by atoms with Gasteiger partial charge in [0.1, 0.15) is 0 Å². The Bertz CT molecular complexity index is 391. The molecular weight excluding hydrogens is 280 g/mol. The van der Waals surface area contributed by atoms with E-state index in [2.05, 4.69) is 10.2 Å². The Hall–Kier alpha value is -0.650. The number of ether oxygens (including phenoxy) is 2. The summed E-state index contributed by atoms with van der Waals surface area (Å²) in [6.07, 6.45) is 8.54. The van der Waals surface area contributed by atoms with Crippen LogP contribution in [0.15, 0.2) is 0 Å². The van der Waals surface area contributed by atoms with Crippen LogP contribution in [0, 0.1) is 11.8 Å². The zero-order valence-electron chi connectivity index (χ0n) is 13.3. The largest absolute Gasteiger partial charge is 0.352 e. The fourth-order valence-corrected chi connectivity index (χ4v) is 4.07. The Morgan fingerprint density at radius 2 is 1.73 bits per heavy atom. The zero-order valence-corrected chi connectivity index (χ0v) is 13.3. The number of likely N-dealkylation sites (tertiary alicyclic amines) is 1. The summed E-state index contributed by atoms with van der Waals surface area (Å²) >= 11 is 0. The van der Waals surface area contributed by atoms with E-state index >= 15 is 0 Å². The van der Waals surface area contributed by atoms with Crippen LogP contribution in [0.4, 0.5) is 0 Å². The van der Waals surface area contributed by atoms with Gasteiger partial charge in [-0.3, -0.25) is 9.69 Å². The lowest BCUT2D eigenvalue weighted by molar-refractivity contribution is -0.132. The number of nitrogens with one attached hydrogen (secondary N) is 1. The van der Waals surface area contributed by atoms with Gasteiger partial charge in [-0.05, 0) is 56.9 Å². The van der Waals surface area contributed by atoms with E-state index in [1.54, 1.807) is 0 Å². The van der Waals surface area contributed by atoms with Crippen molar-refractivity contribution in [3.8, 4) is 0 Å². The van der Waals surface area contributed by atoms with Crippen molar-refractivity contribution >= 4 is 5.91 Å². The molecule has 0 aromatic rings. The highest BCUT2D eigenvalue weighted by Crippen LogP contribution is 2.44. The first-order chi connectivity index (χ1) is 10.8. The minimum absolute atomic E-state index is 0.129.